The number of carbonyl (C=O) groups is 1. The van der Waals surface area contributed by atoms with Gasteiger partial charge >= 0.3 is 6.29 Å². The molecule has 2 saturated carbocycles. The fraction of sp³-hybridized carbons (Fsp3) is 0.729. The van der Waals surface area contributed by atoms with E-state index in [1.54, 1.807) is 6.07 Å². The van der Waals surface area contributed by atoms with Crippen molar-refractivity contribution in [3.63, 3.8) is 0 Å². The van der Waals surface area contributed by atoms with Crippen molar-refractivity contribution in [2.45, 2.75) is 162 Å². The summed E-state index contributed by atoms with van der Waals surface area (Å²) < 4.78 is 57.1. The normalized spacial score (nSPS) is 28.0. The van der Waals surface area contributed by atoms with Gasteiger partial charge in [0.25, 0.3) is 0 Å². The quantitative estimate of drug-likeness (QED) is 0.125. The van der Waals surface area contributed by atoms with Crippen molar-refractivity contribution in [3.05, 3.63) is 71.0 Å². The van der Waals surface area contributed by atoms with Gasteiger partial charge in [0.05, 0.1) is 26.4 Å². The number of hydrogen-bond donors (Lipinski definition) is 0. The van der Waals surface area contributed by atoms with Crippen molar-refractivity contribution in [1.29, 1.82) is 0 Å². The van der Waals surface area contributed by atoms with Gasteiger partial charge in [0, 0.05) is 23.7 Å². The molecule has 4 fully saturated rings. The summed E-state index contributed by atoms with van der Waals surface area (Å²) in [6.07, 6.45) is 22.7. The van der Waals surface area contributed by atoms with Crippen molar-refractivity contribution in [1.82, 2.24) is 0 Å². The predicted octanol–water partition coefficient (Wildman–Crippen LogP) is 13.5. The van der Waals surface area contributed by atoms with Crippen LogP contribution in [0.4, 0.5) is 18.0 Å². The highest BCUT2D eigenvalue weighted by Crippen LogP contribution is 2.38. The Balaban J connectivity index is 0.000000228. The van der Waals surface area contributed by atoms with Crippen molar-refractivity contribution < 1.29 is 36.9 Å². The lowest BCUT2D eigenvalue weighted by molar-refractivity contribution is -0.230. The van der Waals surface area contributed by atoms with Crippen LogP contribution >= 0.6 is 0 Å². The van der Waals surface area contributed by atoms with Crippen LogP contribution in [0.25, 0.3) is 0 Å². The van der Waals surface area contributed by atoms with E-state index >= 15 is 0 Å². The van der Waals surface area contributed by atoms with Crippen LogP contribution in [0.3, 0.4) is 0 Å². The number of rotatable bonds is 16. The van der Waals surface area contributed by atoms with Gasteiger partial charge in [-0.2, -0.15) is 0 Å². The Morgan fingerprint density at radius 3 is 1.41 bits per heavy atom. The van der Waals surface area contributed by atoms with Crippen LogP contribution < -0.4 is 0 Å². The summed E-state index contributed by atoms with van der Waals surface area (Å²) in [6.45, 7) is 9.90. The first-order valence-corrected chi connectivity index (χ1v) is 22.3. The second kappa shape index (κ2) is 26.7. The molecule has 0 amide bonds. The summed E-state index contributed by atoms with van der Waals surface area (Å²) in [5, 5.41) is 0. The molecule has 316 valence electrons. The third kappa shape index (κ3) is 17.7. The van der Waals surface area contributed by atoms with E-state index in [0.717, 1.165) is 62.2 Å². The molecule has 4 aliphatic rings. The second-order valence-electron chi connectivity index (χ2n) is 17.2. The van der Waals surface area contributed by atoms with Crippen molar-refractivity contribution in [3.8, 4) is 0 Å². The molecule has 56 heavy (non-hydrogen) atoms. The van der Waals surface area contributed by atoms with Crippen LogP contribution in [0.5, 0.6) is 0 Å². The van der Waals surface area contributed by atoms with Gasteiger partial charge in [0.2, 0.25) is 0 Å². The molecule has 2 aromatic rings. The Labute approximate surface area is 337 Å². The number of ether oxygens (including phenoxy) is 4. The van der Waals surface area contributed by atoms with Crippen molar-refractivity contribution >= 4 is 6.29 Å². The summed E-state index contributed by atoms with van der Waals surface area (Å²) in [7, 11) is 0. The van der Waals surface area contributed by atoms with Gasteiger partial charge in [-0.3, -0.25) is 0 Å². The highest BCUT2D eigenvalue weighted by atomic mass is 19.3. The van der Waals surface area contributed by atoms with Gasteiger partial charge in [0.1, 0.15) is 5.82 Å². The average molecular weight is 787 g/mol. The molecule has 2 saturated heterocycles. The number of hydrogen-bond acceptors (Lipinski definition) is 5. The molecule has 2 aromatic carbocycles. The third-order valence-electron chi connectivity index (χ3n) is 12.7. The first-order valence-electron chi connectivity index (χ1n) is 22.3. The summed E-state index contributed by atoms with van der Waals surface area (Å²) in [5.41, 5.74) is 3.36. The third-order valence-corrected chi connectivity index (χ3v) is 12.7. The highest BCUT2D eigenvalue weighted by Gasteiger charge is 2.33. The molecule has 0 atom stereocenters. The smallest absolute Gasteiger partial charge is 0.352 e. The lowest BCUT2D eigenvalue weighted by Gasteiger charge is -2.37. The van der Waals surface area contributed by atoms with Crippen molar-refractivity contribution in [2.24, 2.45) is 35.5 Å². The molecule has 2 aliphatic heterocycles. The van der Waals surface area contributed by atoms with E-state index in [-0.39, 0.29) is 18.4 Å². The summed E-state index contributed by atoms with van der Waals surface area (Å²) in [5.74, 6) is 4.18. The Morgan fingerprint density at radius 2 is 1.00 bits per heavy atom. The number of halogens is 3. The van der Waals surface area contributed by atoms with Crippen LogP contribution in [0.2, 0.25) is 0 Å². The molecule has 0 radical (unpaired) electrons. The lowest BCUT2D eigenvalue weighted by Crippen LogP contribution is -2.38. The highest BCUT2D eigenvalue weighted by molar-refractivity contribution is 5.55. The molecule has 0 aromatic heterocycles. The van der Waals surface area contributed by atoms with Gasteiger partial charge in [-0.1, -0.05) is 94.8 Å². The molecule has 0 unspecified atom stereocenters. The van der Waals surface area contributed by atoms with E-state index < -0.39 is 6.29 Å². The lowest BCUT2D eigenvalue weighted by atomic mass is 9.79. The molecule has 0 N–H and O–H groups in total. The monoisotopic (exact) mass is 787 g/mol. The maximum atomic E-state index is 13.6. The fourth-order valence-corrected chi connectivity index (χ4v) is 9.27. The van der Waals surface area contributed by atoms with Crippen LogP contribution in [-0.4, -0.2) is 45.3 Å². The minimum Gasteiger partial charge on any atom is -0.352 e. The summed E-state index contributed by atoms with van der Waals surface area (Å²) in [6, 6.07) is 16.6. The van der Waals surface area contributed by atoms with E-state index in [9.17, 15) is 13.2 Å². The van der Waals surface area contributed by atoms with Gasteiger partial charge < -0.3 is 18.9 Å². The van der Waals surface area contributed by atoms with Gasteiger partial charge in [-0.05, 0) is 131 Å². The molecule has 0 spiro atoms. The maximum Gasteiger partial charge on any atom is 0.483 e. The first-order chi connectivity index (χ1) is 27.2. The molecular formula is C48H73F3O5. The minimum atomic E-state index is -2.83. The Morgan fingerprint density at radius 1 is 0.571 bits per heavy atom. The SMILES string of the molecule is CCCC1COC(C2CCC(CCCCc3ccc(C)c(F)c3)CC2)OC1.CCCC1COC(C2CCC(CCCCc3ccccc3)CC2)OC1.O=C(F)F. The summed E-state index contributed by atoms with van der Waals surface area (Å²) >= 11 is 0. The minimum absolute atomic E-state index is 0.0514. The van der Waals surface area contributed by atoms with Crippen LogP contribution in [0, 0.1) is 48.2 Å². The molecule has 2 aliphatic carbocycles. The van der Waals surface area contributed by atoms with Crippen LogP contribution in [0.1, 0.15) is 146 Å². The zero-order valence-corrected chi connectivity index (χ0v) is 34.9. The number of aryl methyl sites for hydroxylation is 3. The molecular weight excluding hydrogens is 714 g/mol. The topological polar surface area (TPSA) is 54.0 Å². The van der Waals surface area contributed by atoms with Gasteiger partial charge in [-0.25, -0.2) is 9.18 Å². The van der Waals surface area contributed by atoms with Gasteiger partial charge in [0.15, 0.2) is 12.6 Å². The Hall–Kier alpha value is -2.26. The molecule has 5 nitrogen and oxygen atoms in total. The second-order valence-corrected chi connectivity index (χ2v) is 17.2. The molecule has 6 rings (SSSR count). The molecule has 0 bridgehead atoms. The van der Waals surface area contributed by atoms with E-state index in [2.05, 4.69) is 50.2 Å². The van der Waals surface area contributed by atoms with E-state index in [1.165, 1.54) is 121 Å². The van der Waals surface area contributed by atoms with E-state index in [1.807, 2.05) is 13.0 Å². The molecule has 2 heterocycles. The number of benzene rings is 2. The first kappa shape index (κ1) is 46.4. The zero-order valence-electron chi connectivity index (χ0n) is 34.9. The largest absolute Gasteiger partial charge is 0.483 e. The van der Waals surface area contributed by atoms with Crippen LogP contribution in [-0.2, 0) is 31.8 Å². The van der Waals surface area contributed by atoms with E-state index in [0.29, 0.717) is 23.7 Å². The summed E-state index contributed by atoms with van der Waals surface area (Å²) in [4.78, 5) is 8.11. The Kier molecular flexibility index (Phi) is 22.1. The van der Waals surface area contributed by atoms with Crippen molar-refractivity contribution in [2.75, 3.05) is 26.4 Å². The van der Waals surface area contributed by atoms with E-state index in [4.69, 9.17) is 23.7 Å². The Bertz CT molecular complexity index is 1310. The number of unbranched alkanes of at least 4 members (excludes halogenated alkanes) is 2. The number of carbonyl (C=O) groups excluding carboxylic acids is 1. The molecule has 8 heteroatoms. The standard InChI is InChI=1S/C24H37FO2.C23H36O2.CF2O/c1-3-6-21-16-26-24(27-17-21)22-13-11-19(12-14-22)7-4-5-8-20-10-9-18(2)23(25)15-20;1-2-8-21-17-24-23(25-18-21)22-15-13-20(14-16-22)12-7-6-11-19-9-4-3-5-10-19;2-1(3)4/h9-10,15,19,21-22,24H,3-8,11-14,16-17H2,1-2H3;3-5,9-10,20-23H,2,6-8,11-18H2,1H3;. The average Bonchev–Trinajstić information content (AvgIpc) is 3.21. The zero-order chi connectivity index (χ0) is 40.0. The van der Waals surface area contributed by atoms with Gasteiger partial charge in [-0.15, -0.1) is 8.78 Å². The van der Waals surface area contributed by atoms with Crippen LogP contribution in [0.15, 0.2) is 48.5 Å². The fourth-order valence-electron chi connectivity index (χ4n) is 9.27. The predicted molar refractivity (Wildman–Crippen MR) is 219 cm³/mol. The maximum absolute atomic E-state index is 13.6.